The van der Waals surface area contributed by atoms with Crippen molar-refractivity contribution in [3.8, 4) is 0 Å². The van der Waals surface area contributed by atoms with Crippen LogP contribution in [0, 0.1) is 6.92 Å². The number of rotatable bonds is 8. The summed E-state index contributed by atoms with van der Waals surface area (Å²) in [5.74, 6) is -0.797. The van der Waals surface area contributed by atoms with Gasteiger partial charge in [-0.3, -0.25) is 9.69 Å². The number of carbonyl (C=O) groups excluding carboxylic acids is 1. The molecular formula is C22H33N3O3. The Bertz CT molecular complexity index is 694. The first-order valence-corrected chi connectivity index (χ1v) is 10.5. The van der Waals surface area contributed by atoms with Crippen molar-refractivity contribution in [3.63, 3.8) is 0 Å². The zero-order valence-electron chi connectivity index (χ0n) is 17.0. The van der Waals surface area contributed by atoms with Crippen LogP contribution in [0.15, 0.2) is 24.3 Å². The maximum absolute atomic E-state index is 12.4. The molecule has 0 radical (unpaired) electrons. The molecule has 0 heterocycles. The van der Waals surface area contributed by atoms with E-state index >= 15 is 0 Å². The fourth-order valence-electron chi connectivity index (χ4n) is 4.76. The molecule has 2 aliphatic carbocycles. The van der Waals surface area contributed by atoms with Crippen LogP contribution in [-0.4, -0.2) is 53.7 Å². The van der Waals surface area contributed by atoms with E-state index in [4.69, 9.17) is 5.11 Å². The molecule has 0 spiro atoms. The number of carbonyl (C=O) groups is 2. The SMILES string of the molecule is CCN(CC(=O)O)C1CC(NC(=O)NCC2(c3cccc(C)c3)CCCC2)C1. The number of nitrogens with zero attached hydrogens (tertiary/aromatic N) is 1. The Morgan fingerprint density at radius 3 is 2.57 bits per heavy atom. The molecule has 6 nitrogen and oxygen atoms in total. The topological polar surface area (TPSA) is 81.7 Å². The van der Waals surface area contributed by atoms with Gasteiger partial charge in [0.05, 0.1) is 6.54 Å². The molecule has 28 heavy (non-hydrogen) atoms. The second-order valence-electron chi connectivity index (χ2n) is 8.46. The summed E-state index contributed by atoms with van der Waals surface area (Å²) in [4.78, 5) is 25.3. The van der Waals surface area contributed by atoms with Crippen LogP contribution in [0.3, 0.4) is 0 Å². The Balaban J connectivity index is 1.48. The van der Waals surface area contributed by atoms with Crippen LogP contribution in [0.5, 0.6) is 0 Å². The van der Waals surface area contributed by atoms with Gasteiger partial charge in [0, 0.05) is 24.0 Å². The van der Waals surface area contributed by atoms with Gasteiger partial charge in [-0.1, -0.05) is 49.6 Å². The monoisotopic (exact) mass is 387 g/mol. The summed E-state index contributed by atoms with van der Waals surface area (Å²) < 4.78 is 0. The minimum absolute atomic E-state index is 0.0476. The van der Waals surface area contributed by atoms with Crippen molar-refractivity contribution in [3.05, 3.63) is 35.4 Å². The molecule has 154 valence electrons. The molecule has 2 fully saturated rings. The lowest BCUT2D eigenvalue weighted by Gasteiger charge is -2.42. The molecule has 0 bridgehead atoms. The maximum atomic E-state index is 12.4. The molecule has 0 saturated heterocycles. The number of hydrogen-bond donors (Lipinski definition) is 3. The summed E-state index contributed by atoms with van der Waals surface area (Å²) >= 11 is 0. The Kier molecular flexibility index (Phi) is 6.60. The number of aryl methyl sites for hydroxylation is 1. The summed E-state index contributed by atoms with van der Waals surface area (Å²) in [6, 6.07) is 8.94. The second-order valence-corrected chi connectivity index (χ2v) is 8.46. The fraction of sp³-hybridized carbons (Fsp3) is 0.636. The van der Waals surface area contributed by atoms with Crippen LogP contribution in [0.1, 0.15) is 56.6 Å². The second kappa shape index (κ2) is 8.95. The molecule has 2 amide bonds. The number of urea groups is 1. The van der Waals surface area contributed by atoms with Crippen LogP contribution in [0.25, 0.3) is 0 Å². The average molecular weight is 388 g/mol. The molecule has 2 saturated carbocycles. The van der Waals surface area contributed by atoms with Crippen molar-refractivity contribution in [2.45, 2.75) is 69.9 Å². The van der Waals surface area contributed by atoms with Gasteiger partial charge in [-0.25, -0.2) is 4.79 Å². The predicted molar refractivity (Wildman–Crippen MR) is 110 cm³/mol. The van der Waals surface area contributed by atoms with E-state index in [0.29, 0.717) is 6.54 Å². The summed E-state index contributed by atoms with van der Waals surface area (Å²) in [6.45, 7) is 5.54. The molecule has 3 N–H and O–H groups in total. The van der Waals surface area contributed by atoms with E-state index in [-0.39, 0.29) is 30.1 Å². The third-order valence-corrected chi connectivity index (χ3v) is 6.49. The van der Waals surface area contributed by atoms with Crippen molar-refractivity contribution >= 4 is 12.0 Å². The summed E-state index contributed by atoms with van der Waals surface area (Å²) in [5, 5.41) is 15.2. The summed E-state index contributed by atoms with van der Waals surface area (Å²) in [6.07, 6.45) is 6.27. The first-order valence-electron chi connectivity index (χ1n) is 10.5. The van der Waals surface area contributed by atoms with Crippen LogP contribution in [-0.2, 0) is 10.2 Å². The first-order chi connectivity index (χ1) is 13.4. The van der Waals surface area contributed by atoms with Gasteiger partial charge in [0.1, 0.15) is 0 Å². The third-order valence-electron chi connectivity index (χ3n) is 6.49. The number of aliphatic carboxylic acids is 1. The number of amides is 2. The molecule has 1 aromatic rings. The zero-order chi connectivity index (χ0) is 20.1. The number of carboxylic acids is 1. The van der Waals surface area contributed by atoms with Crippen molar-refractivity contribution < 1.29 is 14.7 Å². The number of benzene rings is 1. The number of nitrogens with one attached hydrogen (secondary N) is 2. The first kappa shape index (κ1) is 20.6. The molecule has 0 atom stereocenters. The van der Waals surface area contributed by atoms with Gasteiger partial charge in [0.25, 0.3) is 0 Å². The van der Waals surface area contributed by atoms with Gasteiger partial charge in [-0.2, -0.15) is 0 Å². The summed E-state index contributed by atoms with van der Waals surface area (Å²) in [7, 11) is 0. The molecule has 3 rings (SSSR count). The molecule has 0 aliphatic heterocycles. The van der Waals surface area contributed by atoms with Crippen LogP contribution >= 0.6 is 0 Å². The molecule has 2 aliphatic rings. The quantitative estimate of drug-likeness (QED) is 0.640. The van der Waals surface area contributed by atoms with Crippen molar-refractivity contribution in [2.24, 2.45) is 0 Å². The highest BCUT2D eigenvalue weighted by Crippen LogP contribution is 2.40. The Morgan fingerprint density at radius 2 is 1.96 bits per heavy atom. The van der Waals surface area contributed by atoms with Crippen molar-refractivity contribution in [2.75, 3.05) is 19.6 Å². The lowest BCUT2D eigenvalue weighted by molar-refractivity contribution is -0.139. The lowest BCUT2D eigenvalue weighted by Crippen LogP contribution is -2.57. The largest absolute Gasteiger partial charge is 0.480 e. The molecule has 0 aromatic heterocycles. The molecule has 0 unspecified atom stereocenters. The van der Waals surface area contributed by atoms with E-state index in [2.05, 4.69) is 41.8 Å². The minimum atomic E-state index is -0.797. The van der Waals surface area contributed by atoms with E-state index in [1.807, 2.05) is 11.8 Å². The third kappa shape index (κ3) is 4.85. The molecular weight excluding hydrogens is 354 g/mol. The van der Waals surface area contributed by atoms with Gasteiger partial charge < -0.3 is 15.7 Å². The van der Waals surface area contributed by atoms with Crippen molar-refractivity contribution in [1.29, 1.82) is 0 Å². The smallest absolute Gasteiger partial charge is 0.317 e. The highest BCUT2D eigenvalue weighted by Gasteiger charge is 2.37. The van der Waals surface area contributed by atoms with Gasteiger partial charge in [-0.15, -0.1) is 0 Å². The highest BCUT2D eigenvalue weighted by atomic mass is 16.4. The Hall–Kier alpha value is -2.08. The van der Waals surface area contributed by atoms with E-state index < -0.39 is 5.97 Å². The van der Waals surface area contributed by atoms with Gasteiger partial charge in [0.15, 0.2) is 0 Å². The standard InChI is InChI=1S/C22H33N3O3/c1-3-25(14-20(26)27)19-12-18(13-19)24-21(28)23-15-22(9-4-5-10-22)17-8-6-7-16(2)11-17/h6-8,11,18-19H,3-5,9-10,12-15H2,1-2H3,(H,26,27)(H2,23,24,28). The minimum Gasteiger partial charge on any atom is -0.480 e. The Morgan fingerprint density at radius 1 is 1.25 bits per heavy atom. The number of hydrogen-bond acceptors (Lipinski definition) is 3. The summed E-state index contributed by atoms with van der Waals surface area (Å²) in [5.41, 5.74) is 2.64. The zero-order valence-corrected chi connectivity index (χ0v) is 17.0. The average Bonchev–Trinajstić information content (AvgIpc) is 3.11. The van der Waals surface area contributed by atoms with Crippen molar-refractivity contribution in [1.82, 2.24) is 15.5 Å². The van der Waals surface area contributed by atoms with E-state index in [9.17, 15) is 9.59 Å². The maximum Gasteiger partial charge on any atom is 0.317 e. The van der Waals surface area contributed by atoms with Crippen LogP contribution < -0.4 is 10.6 Å². The van der Waals surface area contributed by atoms with E-state index in [1.165, 1.54) is 24.0 Å². The van der Waals surface area contributed by atoms with Gasteiger partial charge in [0.2, 0.25) is 0 Å². The van der Waals surface area contributed by atoms with E-state index in [0.717, 1.165) is 32.2 Å². The fourth-order valence-corrected chi connectivity index (χ4v) is 4.76. The number of likely N-dealkylation sites (N-methyl/N-ethyl adjacent to an activating group) is 1. The lowest BCUT2D eigenvalue weighted by atomic mass is 9.78. The number of carboxylic acid groups (broad SMARTS) is 1. The van der Waals surface area contributed by atoms with Gasteiger partial charge in [-0.05, 0) is 44.7 Å². The Labute approximate surface area is 167 Å². The molecule has 1 aromatic carbocycles. The van der Waals surface area contributed by atoms with Crippen LogP contribution in [0.2, 0.25) is 0 Å². The van der Waals surface area contributed by atoms with Crippen LogP contribution in [0.4, 0.5) is 4.79 Å². The normalized spacial score (nSPS) is 23.2. The molecule has 6 heteroatoms. The highest BCUT2D eigenvalue weighted by molar-refractivity contribution is 5.74. The van der Waals surface area contributed by atoms with Gasteiger partial charge >= 0.3 is 12.0 Å². The predicted octanol–water partition coefficient (Wildman–Crippen LogP) is 3.04. The van der Waals surface area contributed by atoms with E-state index in [1.54, 1.807) is 0 Å².